The van der Waals surface area contributed by atoms with Crippen molar-refractivity contribution in [1.82, 2.24) is 42.5 Å². The van der Waals surface area contributed by atoms with E-state index in [9.17, 15) is 68.1 Å². The molecular weight excluding hydrogens is 945 g/mol. The van der Waals surface area contributed by atoms with Crippen LogP contribution in [0.2, 0.25) is 0 Å². The van der Waals surface area contributed by atoms with Crippen LogP contribution in [0.4, 0.5) is 0 Å². The Labute approximate surface area is 418 Å². The van der Waals surface area contributed by atoms with E-state index in [0.717, 1.165) is 0 Å². The van der Waals surface area contributed by atoms with Crippen molar-refractivity contribution in [3.05, 3.63) is 35.9 Å². The molecule has 26 nitrogen and oxygen atoms in total. The Balaban J connectivity index is 3.53. The van der Waals surface area contributed by atoms with E-state index in [4.69, 9.17) is 22.9 Å². The summed E-state index contributed by atoms with van der Waals surface area (Å²) in [7, 11) is 0. The molecule has 0 saturated heterocycles. The van der Waals surface area contributed by atoms with E-state index in [2.05, 4.69) is 42.5 Å². The lowest BCUT2D eigenvalue weighted by Crippen LogP contribution is -2.62. The molecule has 0 aromatic heterocycles. The van der Waals surface area contributed by atoms with Gasteiger partial charge < -0.3 is 80.8 Å². The smallest absolute Gasteiger partial charge is 0.326 e. The predicted octanol–water partition coefficient (Wildman–Crippen LogP) is -4.87. The number of carbonyl (C=O) groups is 11. The van der Waals surface area contributed by atoms with Crippen LogP contribution in [0, 0.1) is 17.8 Å². The van der Waals surface area contributed by atoms with E-state index in [1.165, 1.54) is 0 Å². The first-order chi connectivity index (χ1) is 33.8. The number of aliphatic carboxylic acids is 1. The van der Waals surface area contributed by atoms with Gasteiger partial charge in [-0.25, -0.2) is 4.79 Å². The maximum absolute atomic E-state index is 14.2. The fraction of sp³-hybridized carbons (Fsp3) is 0.630. The van der Waals surface area contributed by atoms with Crippen LogP contribution in [-0.2, 0) is 59.2 Å². The topological polar surface area (TPSA) is 449 Å². The Hall–Kier alpha value is -6.77. The maximum Gasteiger partial charge on any atom is 0.326 e. The predicted molar refractivity (Wildman–Crippen MR) is 260 cm³/mol. The summed E-state index contributed by atoms with van der Waals surface area (Å²) in [6, 6.07) is -4.52. The summed E-state index contributed by atoms with van der Waals surface area (Å²) in [5, 5.41) is 48.4. The van der Waals surface area contributed by atoms with Gasteiger partial charge in [-0.2, -0.15) is 0 Å². The molecule has 0 aliphatic heterocycles. The molecule has 0 aliphatic carbocycles. The SMILES string of the molecule is CC(C)[C@H](NC(=O)[C@H](CCC(N)=O)NC(=O)[C@H](Cc1ccccc1)NC(=O)[C@@H](NC(=O)[C@H](CCCCN)NC(=O)[C@H](CCC(N)=O)NC(=O)[C@@H](NC(=O)[C@H](CO)NC(=O)[C@@H](N)CO)C(C)C)C(C)C)C(=O)O. The third-order valence-electron chi connectivity index (χ3n) is 11.2. The molecule has 26 heteroatoms. The summed E-state index contributed by atoms with van der Waals surface area (Å²) in [6.45, 7) is 7.92. The number of carboxylic acids is 1. The van der Waals surface area contributed by atoms with Crippen LogP contribution in [0.5, 0.6) is 0 Å². The van der Waals surface area contributed by atoms with Crippen LogP contribution in [-0.4, -0.2) is 154 Å². The highest BCUT2D eigenvalue weighted by Crippen LogP contribution is 2.12. The van der Waals surface area contributed by atoms with Crippen LogP contribution in [0.3, 0.4) is 0 Å². The van der Waals surface area contributed by atoms with Gasteiger partial charge in [0.05, 0.1) is 13.2 Å². The molecule has 0 fully saturated rings. The molecule has 404 valence electrons. The van der Waals surface area contributed by atoms with E-state index in [1.54, 1.807) is 71.9 Å². The monoisotopic (exact) mass is 1020 g/mol. The minimum Gasteiger partial charge on any atom is -0.480 e. The number of carboxylic acid groups (broad SMARTS) is 1. The van der Waals surface area contributed by atoms with Gasteiger partial charge in [0.2, 0.25) is 59.1 Å². The second kappa shape index (κ2) is 32.3. The average Bonchev–Trinajstić information content (AvgIpc) is 3.31. The lowest BCUT2D eigenvalue weighted by Gasteiger charge is -2.29. The second-order valence-electron chi connectivity index (χ2n) is 18.3. The third kappa shape index (κ3) is 22.5. The Morgan fingerprint density at radius 2 is 0.847 bits per heavy atom. The van der Waals surface area contributed by atoms with Crippen LogP contribution in [0.25, 0.3) is 0 Å². The van der Waals surface area contributed by atoms with Gasteiger partial charge in [-0.1, -0.05) is 71.9 Å². The number of aliphatic hydroxyl groups excluding tert-OH is 2. The molecule has 72 heavy (non-hydrogen) atoms. The fourth-order valence-corrected chi connectivity index (χ4v) is 6.90. The van der Waals surface area contributed by atoms with Gasteiger partial charge in [-0.05, 0) is 62.0 Å². The van der Waals surface area contributed by atoms with Gasteiger partial charge in [-0.3, -0.25) is 47.9 Å². The van der Waals surface area contributed by atoms with Gasteiger partial charge in [-0.15, -0.1) is 0 Å². The van der Waals surface area contributed by atoms with Gasteiger partial charge in [0.25, 0.3) is 0 Å². The number of carbonyl (C=O) groups excluding carboxylic acids is 10. The molecule has 0 unspecified atom stereocenters. The highest BCUT2D eigenvalue weighted by molar-refractivity contribution is 5.98. The largest absolute Gasteiger partial charge is 0.480 e. The van der Waals surface area contributed by atoms with E-state index < -0.39 is 157 Å². The normalized spacial score (nSPS) is 15.0. The minimum absolute atomic E-state index is 0.0378. The number of nitrogens with two attached hydrogens (primary N) is 4. The molecule has 0 saturated carbocycles. The van der Waals surface area contributed by atoms with Gasteiger partial charge in [0.1, 0.15) is 54.4 Å². The summed E-state index contributed by atoms with van der Waals surface area (Å²) >= 11 is 0. The Bertz CT molecular complexity index is 2010. The third-order valence-corrected chi connectivity index (χ3v) is 11.2. The molecule has 9 atom stereocenters. The van der Waals surface area contributed by atoms with Crippen LogP contribution >= 0.6 is 0 Å². The summed E-state index contributed by atoms with van der Waals surface area (Å²) in [4.78, 5) is 144. The van der Waals surface area contributed by atoms with Crippen molar-refractivity contribution in [2.24, 2.45) is 40.7 Å². The molecule has 0 heterocycles. The molecule has 0 spiro atoms. The summed E-state index contributed by atoms with van der Waals surface area (Å²) < 4.78 is 0. The van der Waals surface area contributed by atoms with Crippen LogP contribution in [0.1, 0.15) is 92.1 Å². The van der Waals surface area contributed by atoms with E-state index in [0.29, 0.717) is 12.0 Å². The lowest BCUT2D eigenvalue weighted by molar-refractivity contribution is -0.143. The summed E-state index contributed by atoms with van der Waals surface area (Å²) in [5.41, 5.74) is 22.5. The number of rotatable bonds is 34. The molecule has 1 rings (SSSR count). The van der Waals surface area contributed by atoms with Crippen molar-refractivity contribution in [1.29, 1.82) is 0 Å². The molecule has 0 radical (unpaired) electrons. The first-order valence-electron chi connectivity index (χ1n) is 23.7. The van der Waals surface area contributed by atoms with Gasteiger partial charge in [0, 0.05) is 19.3 Å². The fourth-order valence-electron chi connectivity index (χ4n) is 6.90. The van der Waals surface area contributed by atoms with Crippen molar-refractivity contribution < 1.29 is 68.1 Å². The Morgan fingerprint density at radius 3 is 1.25 bits per heavy atom. The van der Waals surface area contributed by atoms with Crippen LogP contribution < -0.4 is 65.5 Å². The molecular formula is C46H76N12O14. The molecule has 1 aromatic rings. The van der Waals surface area contributed by atoms with Gasteiger partial charge >= 0.3 is 5.97 Å². The minimum atomic E-state index is -1.59. The summed E-state index contributed by atoms with van der Waals surface area (Å²) in [6.07, 6.45) is -0.975. The van der Waals surface area contributed by atoms with Crippen molar-refractivity contribution in [3.8, 4) is 0 Å². The summed E-state index contributed by atoms with van der Waals surface area (Å²) in [5.74, 6) is -12.3. The van der Waals surface area contributed by atoms with Crippen molar-refractivity contribution >= 4 is 65.0 Å². The number of aliphatic hydroxyl groups is 2. The lowest BCUT2D eigenvalue weighted by atomic mass is 9.99. The van der Waals surface area contributed by atoms with E-state index >= 15 is 0 Å². The molecule has 0 bridgehead atoms. The van der Waals surface area contributed by atoms with Crippen molar-refractivity contribution in [2.75, 3.05) is 19.8 Å². The van der Waals surface area contributed by atoms with Crippen molar-refractivity contribution in [3.63, 3.8) is 0 Å². The first-order valence-corrected chi connectivity index (χ1v) is 23.7. The maximum atomic E-state index is 14.2. The zero-order valence-corrected chi connectivity index (χ0v) is 41.7. The molecule has 19 N–H and O–H groups in total. The molecule has 0 aliphatic rings. The first kappa shape index (κ1) is 63.2. The average molecular weight is 1020 g/mol. The quantitative estimate of drug-likeness (QED) is 0.0288. The second-order valence-corrected chi connectivity index (χ2v) is 18.3. The molecule has 10 amide bonds. The number of amides is 10. The number of hydrogen-bond acceptors (Lipinski definition) is 15. The Morgan fingerprint density at radius 1 is 0.472 bits per heavy atom. The number of unbranched alkanes of at least 4 members (excludes halogenated alkanes) is 1. The number of hydrogen-bond donors (Lipinski definition) is 15. The number of primary amides is 2. The van der Waals surface area contributed by atoms with Crippen molar-refractivity contribution in [2.45, 2.75) is 147 Å². The highest BCUT2D eigenvalue weighted by atomic mass is 16.4. The van der Waals surface area contributed by atoms with E-state index in [-0.39, 0.29) is 45.1 Å². The van der Waals surface area contributed by atoms with E-state index in [1.807, 2.05) is 0 Å². The van der Waals surface area contributed by atoms with Gasteiger partial charge in [0.15, 0.2) is 0 Å². The standard InChI is InChI=1S/C46H76N12O14/c1-23(2)35(57-43(68)32(22-60)55-38(63)27(48)21-59)44(69)53-29(15-17-33(49)61)39(64)51-28(14-10-11-19-47)40(65)56-36(24(3)4)45(70)54-31(20-26-12-8-7-9-13-26)42(67)52-30(16-18-34(50)62)41(66)58-37(25(5)6)46(71)72/h7-9,12-13,23-25,27-32,35-37,59-60H,10-11,14-22,47-48H2,1-6H3,(H2,49,61)(H2,50,62)(H,51,64)(H,52,67)(H,53,69)(H,54,70)(H,55,63)(H,56,65)(H,57,68)(H,58,66)(H,71,72)/t27-,28-,29-,30-,31-,32-,35-,36-,37-/m0/s1. The number of nitrogens with one attached hydrogen (secondary N) is 8. The molecule has 1 aromatic carbocycles. The zero-order valence-electron chi connectivity index (χ0n) is 41.7. The zero-order chi connectivity index (χ0) is 54.8. The Kier molecular flexibility index (Phi) is 28.3. The number of benzene rings is 1. The van der Waals surface area contributed by atoms with Crippen LogP contribution in [0.15, 0.2) is 30.3 Å². The highest BCUT2D eigenvalue weighted by Gasteiger charge is 2.36.